The van der Waals surface area contributed by atoms with Gasteiger partial charge in [0, 0.05) is 22.4 Å². The maximum atomic E-state index is 13.8. The molecule has 2 aromatic rings. The summed E-state index contributed by atoms with van der Waals surface area (Å²) in [6.07, 6.45) is 0.480. The van der Waals surface area contributed by atoms with E-state index < -0.39 is 27.7 Å². The lowest BCUT2D eigenvalue weighted by atomic mass is 10.1. The van der Waals surface area contributed by atoms with Crippen molar-refractivity contribution in [1.82, 2.24) is 4.98 Å². The highest BCUT2D eigenvalue weighted by Gasteiger charge is 2.23. The lowest BCUT2D eigenvalue weighted by molar-refractivity contribution is 0.487. The van der Waals surface area contributed by atoms with E-state index in [9.17, 15) is 13.0 Å². The Labute approximate surface area is 124 Å². The lowest BCUT2D eigenvalue weighted by Gasteiger charge is -2.15. The normalized spacial score (nSPS) is 14.1. The van der Waals surface area contributed by atoms with Crippen molar-refractivity contribution in [3.05, 3.63) is 52.7 Å². The fourth-order valence-electron chi connectivity index (χ4n) is 2.13. The Morgan fingerprint density at radius 3 is 2.57 bits per heavy atom. The number of aromatic nitrogens is 1. The van der Waals surface area contributed by atoms with E-state index in [0.717, 1.165) is 11.8 Å². The molecule has 0 N–H and O–H groups in total. The van der Waals surface area contributed by atoms with Crippen molar-refractivity contribution in [2.24, 2.45) is 0 Å². The minimum absolute atomic E-state index is 0.115. The second kappa shape index (κ2) is 6.47. The van der Waals surface area contributed by atoms with Gasteiger partial charge in [0.25, 0.3) is 0 Å². The van der Waals surface area contributed by atoms with Gasteiger partial charge in [0.05, 0.1) is 10.9 Å². The van der Waals surface area contributed by atoms with Crippen molar-refractivity contribution >= 4 is 10.8 Å². The highest BCUT2D eigenvalue weighted by atomic mass is 32.2. The van der Waals surface area contributed by atoms with Crippen molar-refractivity contribution in [3.63, 3.8) is 0 Å². The summed E-state index contributed by atoms with van der Waals surface area (Å²) in [7, 11) is -1.39. The Hall–Kier alpha value is -1.56. The van der Waals surface area contributed by atoms with Crippen LogP contribution in [0.2, 0.25) is 0 Å². The molecular weight excluding hydrogens is 296 g/mol. The van der Waals surface area contributed by atoms with Crippen molar-refractivity contribution in [3.8, 4) is 0 Å². The van der Waals surface area contributed by atoms with E-state index in [-0.39, 0.29) is 11.3 Å². The fraction of sp³-hybridized carbons (Fsp3) is 0.400. The molecule has 0 aliphatic carbocycles. The molecule has 1 aromatic carbocycles. The first kappa shape index (κ1) is 15.8. The molecule has 3 nitrogen and oxygen atoms in total. The Bertz CT molecular complexity index is 650. The van der Waals surface area contributed by atoms with E-state index >= 15 is 0 Å². The largest absolute Gasteiger partial charge is 0.445 e. The molecule has 0 spiro atoms. The summed E-state index contributed by atoms with van der Waals surface area (Å²) in [5, 5.41) is -0.516. The van der Waals surface area contributed by atoms with Crippen molar-refractivity contribution < 1.29 is 17.4 Å². The Kier molecular flexibility index (Phi) is 4.88. The SMILES string of the molecule is CC[C@H](c1ccc(F)cc1F)[S@](=O)Cc1nc(C)c(C)o1. The van der Waals surface area contributed by atoms with Crippen molar-refractivity contribution in [2.45, 2.75) is 38.2 Å². The molecule has 0 saturated carbocycles. The van der Waals surface area contributed by atoms with Crippen molar-refractivity contribution in [1.29, 1.82) is 0 Å². The van der Waals surface area contributed by atoms with Gasteiger partial charge >= 0.3 is 0 Å². The number of halogens is 2. The van der Waals surface area contributed by atoms with Gasteiger partial charge in [-0.3, -0.25) is 4.21 Å². The van der Waals surface area contributed by atoms with Crippen molar-refractivity contribution in [2.75, 3.05) is 0 Å². The molecule has 2 rings (SSSR count). The molecule has 0 bridgehead atoms. The summed E-state index contributed by atoms with van der Waals surface area (Å²) in [4.78, 5) is 4.18. The minimum Gasteiger partial charge on any atom is -0.445 e. The molecular formula is C15H17F2NO2S. The smallest absolute Gasteiger partial charge is 0.207 e. The Morgan fingerprint density at radius 1 is 1.33 bits per heavy atom. The van der Waals surface area contributed by atoms with Gasteiger partial charge in [-0.25, -0.2) is 13.8 Å². The van der Waals surface area contributed by atoms with Crippen LogP contribution in [0.25, 0.3) is 0 Å². The number of oxazole rings is 1. The van der Waals surface area contributed by atoms with Crippen LogP contribution in [0.4, 0.5) is 8.78 Å². The van der Waals surface area contributed by atoms with Crippen LogP contribution in [0.15, 0.2) is 22.6 Å². The van der Waals surface area contributed by atoms with E-state index in [1.54, 1.807) is 6.92 Å². The zero-order valence-electron chi connectivity index (χ0n) is 12.2. The summed E-state index contributed by atoms with van der Waals surface area (Å²) < 4.78 is 44.7. The molecule has 114 valence electrons. The monoisotopic (exact) mass is 313 g/mol. The zero-order valence-corrected chi connectivity index (χ0v) is 13.0. The van der Waals surface area contributed by atoms with Gasteiger partial charge in [-0.15, -0.1) is 0 Å². The third kappa shape index (κ3) is 3.56. The quantitative estimate of drug-likeness (QED) is 0.839. The van der Waals surface area contributed by atoms with Crippen LogP contribution in [0.1, 0.15) is 41.5 Å². The molecule has 21 heavy (non-hydrogen) atoms. The number of rotatable bonds is 5. The maximum absolute atomic E-state index is 13.8. The number of hydrogen-bond acceptors (Lipinski definition) is 3. The summed E-state index contributed by atoms with van der Waals surface area (Å²) in [6.45, 7) is 5.41. The van der Waals surface area contributed by atoms with Crippen LogP contribution in [0.3, 0.4) is 0 Å². The molecule has 2 atom stereocenters. The molecule has 0 aliphatic heterocycles. The predicted molar refractivity (Wildman–Crippen MR) is 77.2 cm³/mol. The van der Waals surface area contributed by atoms with Gasteiger partial charge in [-0.05, 0) is 26.3 Å². The van der Waals surface area contributed by atoms with E-state index in [0.29, 0.717) is 18.1 Å². The predicted octanol–water partition coefficient (Wildman–Crippen LogP) is 3.97. The van der Waals surface area contributed by atoms with Gasteiger partial charge in [-0.2, -0.15) is 0 Å². The number of nitrogens with zero attached hydrogens (tertiary/aromatic N) is 1. The second-order valence-electron chi connectivity index (χ2n) is 4.84. The standard InChI is InChI=1S/C15H17F2NO2S/c1-4-14(12-6-5-11(16)7-13(12)17)21(19)8-15-18-9(2)10(3)20-15/h5-7,14H,4,8H2,1-3H3/t14-,21-/m1/s1. The van der Waals surface area contributed by atoms with E-state index in [2.05, 4.69) is 4.98 Å². The minimum atomic E-state index is -1.39. The zero-order chi connectivity index (χ0) is 15.6. The van der Waals surface area contributed by atoms with E-state index in [1.807, 2.05) is 13.8 Å². The summed E-state index contributed by atoms with van der Waals surface area (Å²) in [6, 6.07) is 3.34. The second-order valence-corrected chi connectivity index (χ2v) is 6.46. The molecule has 1 aromatic heterocycles. The van der Waals surface area contributed by atoms with Gasteiger partial charge in [0.15, 0.2) is 0 Å². The maximum Gasteiger partial charge on any atom is 0.207 e. The molecule has 0 saturated heterocycles. The first-order valence-electron chi connectivity index (χ1n) is 6.67. The van der Waals surface area contributed by atoms with Crippen LogP contribution in [0, 0.1) is 25.5 Å². The molecule has 0 unspecified atom stereocenters. The molecule has 1 heterocycles. The Morgan fingerprint density at radius 2 is 2.05 bits per heavy atom. The third-order valence-corrected chi connectivity index (χ3v) is 5.09. The Balaban J connectivity index is 2.22. The fourth-order valence-corrected chi connectivity index (χ4v) is 3.55. The number of hydrogen-bond donors (Lipinski definition) is 0. The van der Waals surface area contributed by atoms with Crippen LogP contribution in [-0.4, -0.2) is 9.19 Å². The molecule has 6 heteroatoms. The average Bonchev–Trinajstić information content (AvgIpc) is 2.71. The van der Waals surface area contributed by atoms with Gasteiger partial charge in [-0.1, -0.05) is 13.0 Å². The number of benzene rings is 1. The highest BCUT2D eigenvalue weighted by Crippen LogP contribution is 2.28. The summed E-state index contributed by atoms with van der Waals surface area (Å²) in [5.41, 5.74) is 1.01. The molecule has 0 aliphatic rings. The van der Waals surface area contributed by atoms with Crippen LogP contribution < -0.4 is 0 Å². The molecule has 0 radical (unpaired) electrons. The van der Waals surface area contributed by atoms with Crippen LogP contribution in [-0.2, 0) is 16.6 Å². The first-order chi connectivity index (χ1) is 9.92. The lowest BCUT2D eigenvalue weighted by Crippen LogP contribution is -2.10. The van der Waals surface area contributed by atoms with E-state index in [1.165, 1.54) is 12.1 Å². The van der Waals surface area contributed by atoms with Gasteiger partial charge in [0.1, 0.15) is 23.1 Å². The topological polar surface area (TPSA) is 43.1 Å². The highest BCUT2D eigenvalue weighted by molar-refractivity contribution is 7.84. The van der Waals surface area contributed by atoms with E-state index in [4.69, 9.17) is 4.42 Å². The van der Waals surface area contributed by atoms with Crippen LogP contribution >= 0.6 is 0 Å². The average molecular weight is 313 g/mol. The third-order valence-electron chi connectivity index (χ3n) is 3.34. The summed E-state index contributed by atoms with van der Waals surface area (Å²) >= 11 is 0. The molecule has 0 amide bonds. The van der Waals surface area contributed by atoms with Gasteiger partial charge < -0.3 is 4.42 Å². The van der Waals surface area contributed by atoms with Crippen LogP contribution in [0.5, 0.6) is 0 Å². The summed E-state index contributed by atoms with van der Waals surface area (Å²) in [5.74, 6) is -0.137. The number of aryl methyl sites for hydroxylation is 2. The molecule has 0 fully saturated rings. The van der Waals surface area contributed by atoms with Gasteiger partial charge in [0.2, 0.25) is 5.89 Å². The first-order valence-corrected chi connectivity index (χ1v) is 8.05.